The molecule has 0 aliphatic rings. The van der Waals surface area contributed by atoms with Crippen molar-refractivity contribution in [1.82, 2.24) is 4.57 Å². The minimum Gasteiger partial charge on any atom is -0.399 e. The summed E-state index contributed by atoms with van der Waals surface area (Å²) < 4.78 is 80.3. The van der Waals surface area contributed by atoms with Crippen molar-refractivity contribution in [3.05, 3.63) is 87.3 Å². The Morgan fingerprint density at radius 2 is 1.78 bits per heavy atom. The predicted octanol–water partition coefficient (Wildman–Crippen LogP) is 4.70. The standard InChI is InChI=1S/C24H22F6N4O2/c1-12(13-7-14(24(28,29)30)9-15(31)8-13)21-18(23(32)36)5-6-20(35)34(21)17-4-2-3-16(10-17)33-19(11-25)22(26)27/h2-10,12,19,22,33H,11,31H2,1H3,(H2,32,36)/t12-,19+/m1/s1. The van der Waals surface area contributed by atoms with Crippen LogP contribution < -0.4 is 22.3 Å². The number of hydrogen-bond donors (Lipinski definition) is 3. The van der Waals surface area contributed by atoms with E-state index in [-0.39, 0.29) is 33.9 Å². The number of nitrogens with one attached hydrogen (secondary N) is 1. The molecule has 2 aromatic carbocycles. The van der Waals surface area contributed by atoms with Crippen LogP contribution in [-0.2, 0) is 6.18 Å². The molecule has 192 valence electrons. The fourth-order valence-electron chi connectivity index (χ4n) is 3.82. The number of carbonyl (C=O) groups is 1. The number of hydrogen-bond acceptors (Lipinski definition) is 4. The van der Waals surface area contributed by atoms with Crippen LogP contribution in [0.4, 0.5) is 37.7 Å². The second-order valence-electron chi connectivity index (χ2n) is 8.07. The summed E-state index contributed by atoms with van der Waals surface area (Å²) in [5.41, 5.74) is 9.31. The van der Waals surface area contributed by atoms with Crippen LogP contribution in [0.3, 0.4) is 0 Å². The number of carbonyl (C=O) groups excluding carboxylic acids is 1. The van der Waals surface area contributed by atoms with Gasteiger partial charge in [0.25, 0.3) is 17.9 Å². The first kappa shape index (κ1) is 26.6. The summed E-state index contributed by atoms with van der Waals surface area (Å²) in [7, 11) is 0. The Balaban J connectivity index is 2.23. The maximum Gasteiger partial charge on any atom is 0.416 e. The third-order valence-electron chi connectivity index (χ3n) is 5.54. The quantitative estimate of drug-likeness (QED) is 0.301. The van der Waals surface area contributed by atoms with Gasteiger partial charge in [-0.25, -0.2) is 13.2 Å². The first-order valence-electron chi connectivity index (χ1n) is 10.6. The number of benzene rings is 2. The van der Waals surface area contributed by atoms with Crippen LogP contribution in [0.5, 0.6) is 0 Å². The number of rotatable bonds is 8. The van der Waals surface area contributed by atoms with Crippen molar-refractivity contribution in [2.75, 3.05) is 17.7 Å². The van der Waals surface area contributed by atoms with Gasteiger partial charge in [0, 0.05) is 29.1 Å². The molecule has 2 atom stereocenters. The van der Waals surface area contributed by atoms with Crippen LogP contribution in [0.2, 0.25) is 0 Å². The lowest BCUT2D eigenvalue weighted by atomic mass is 9.91. The van der Waals surface area contributed by atoms with Crippen molar-refractivity contribution in [3.8, 4) is 5.69 Å². The van der Waals surface area contributed by atoms with E-state index >= 15 is 0 Å². The summed E-state index contributed by atoms with van der Waals surface area (Å²) in [6.45, 7) is 0.100. The van der Waals surface area contributed by atoms with Crippen molar-refractivity contribution in [3.63, 3.8) is 0 Å². The average molecular weight is 512 g/mol. The topological polar surface area (TPSA) is 103 Å². The lowest BCUT2D eigenvalue weighted by Crippen LogP contribution is -2.30. The van der Waals surface area contributed by atoms with E-state index in [2.05, 4.69) is 5.32 Å². The molecule has 3 aromatic rings. The summed E-state index contributed by atoms with van der Waals surface area (Å²) >= 11 is 0. The van der Waals surface area contributed by atoms with Crippen LogP contribution in [0.15, 0.2) is 59.4 Å². The van der Waals surface area contributed by atoms with E-state index in [1.165, 1.54) is 37.3 Å². The second kappa shape index (κ2) is 10.3. The Bertz CT molecular complexity index is 1320. The molecule has 6 nitrogen and oxygen atoms in total. The highest BCUT2D eigenvalue weighted by Gasteiger charge is 2.32. The molecule has 0 unspecified atom stereocenters. The van der Waals surface area contributed by atoms with E-state index in [0.717, 1.165) is 28.8 Å². The number of pyridine rings is 1. The van der Waals surface area contributed by atoms with E-state index in [1.54, 1.807) is 0 Å². The molecule has 0 spiro atoms. The first-order chi connectivity index (χ1) is 16.8. The highest BCUT2D eigenvalue weighted by Crippen LogP contribution is 2.36. The molecule has 0 radical (unpaired) electrons. The molecule has 0 saturated carbocycles. The SMILES string of the molecule is C[C@H](c1cc(N)cc(C(F)(F)F)c1)c1c(C(N)=O)ccc(=O)n1-c1cccc(N[C@@H](CF)C(F)F)c1. The van der Waals surface area contributed by atoms with Gasteiger partial charge in [0.2, 0.25) is 0 Å². The Kier molecular flexibility index (Phi) is 7.65. The molecule has 1 amide bonds. The number of amides is 1. The monoisotopic (exact) mass is 512 g/mol. The smallest absolute Gasteiger partial charge is 0.399 e. The second-order valence-corrected chi connectivity index (χ2v) is 8.07. The number of primary amides is 1. The summed E-state index contributed by atoms with van der Waals surface area (Å²) in [5, 5.41) is 2.33. The van der Waals surface area contributed by atoms with Gasteiger partial charge in [0.15, 0.2) is 0 Å². The van der Waals surface area contributed by atoms with Crippen molar-refractivity contribution in [2.24, 2.45) is 5.73 Å². The van der Waals surface area contributed by atoms with E-state index in [1.807, 2.05) is 0 Å². The number of nitrogens with two attached hydrogens (primary N) is 2. The van der Waals surface area contributed by atoms with Gasteiger partial charge in [-0.3, -0.25) is 14.2 Å². The highest BCUT2D eigenvalue weighted by molar-refractivity contribution is 5.94. The van der Waals surface area contributed by atoms with Crippen LogP contribution in [-0.4, -0.2) is 29.6 Å². The maximum atomic E-state index is 13.4. The van der Waals surface area contributed by atoms with Gasteiger partial charge in [-0.2, -0.15) is 13.2 Å². The lowest BCUT2D eigenvalue weighted by Gasteiger charge is -2.23. The molecule has 5 N–H and O–H groups in total. The molecule has 36 heavy (non-hydrogen) atoms. The van der Waals surface area contributed by atoms with E-state index in [4.69, 9.17) is 11.5 Å². The molecule has 0 aliphatic carbocycles. The number of halogens is 6. The molecule has 0 bridgehead atoms. The van der Waals surface area contributed by atoms with Crippen molar-refractivity contribution >= 4 is 17.3 Å². The first-order valence-corrected chi connectivity index (χ1v) is 10.6. The van der Waals surface area contributed by atoms with Crippen molar-refractivity contribution in [1.29, 1.82) is 0 Å². The van der Waals surface area contributed by atoms with E-state index in [0.29, 0.717) is 0 Å². The zero-order valence-electron chi connectivity index (χ0n) is 18.8. The van der Waals surface area contributed by atoms with Crippen molar-refractivity contribution in [2.45, 2.75) is 31.5 Å². The van der Waals surface area contributed by atoms with Crippen molar-refractivity contribution < 1.29 is 31.1 Å². The van der Waals surface area contributed by atoms with Gasteiger partial charge in [-0.05, 0) is 48.0 Å². The van der Waals surface area contributed by atoms with Gasteiger partial charge in [0.05, 0.1) is 16.8 Å². The van der Waals surface area contributed by atoms with Gasteiger partial charge in [-0.15, -0.1) is 0 Å². The summed E-state index contributed by atoms with van der Waals surface area (Å²) in [6.07, 6.45) is -7.72. The molecule has 0 aliphatic heterocycles. The number of nitrogens with zero attached hydrogens (tertiary/aromatic N) is 1. The highest BCUT2D eigenvalue weighted by atomic mass is 19.4. The fraction of sp³-hybridized carbons (Fsp3) is 0.250. The van der Waals surface area contributed by atoms with Gasteiger partial charge in [-0.1, -0.05) is 13.0 Å². The van der Waals surface area contributed by atoms with Gasteiger partial charge < -0.3 is 16.8 Å². The maximum absolute atomic E-state index is 13.4. The molecule has 1 heterocycles. The van der Waals surface area contributed by atoms with E-state index < -0.39 is 48.3 Å². The Labute approximate surface area is 201 Å². The summed E-state index contributed by atoms with van der Waals surface area (Å²) in [5.74, 6) is -1.95. The summed E-state index contributed by atoms with van der Waals surface area (Å²) in [4.78, 5) is 25.2. The molecule has 0 fully saturated rings. The number of nitrogen functional groups attached to an aromatic ring is 1. The number of alkyl halides is 6. The third-order valence-corrected chi connectivity index (χ3v) is 5.54. The van der Waals surface area contributed by atoms with Crippen LogP contribution in [0.25, 0.3) is 5.69 Å². The average Bonchev–Trinajstić information content (AvgIpc) is 2.80. The number of aromatic nitrogens is 1. The van der Waals surface area contributed by atoms with Crippen LogP contribution >= 0.6 is 0 Å². The molecular weight excluding hydrogens is 490 g/mol. The Hall–Kier alpha value is -3.96. The Morgan fingerprint density at radius 1 is 1.08 bits per heavy atom. The van der Waals surface area contributed by atoms with Crippen LogP contribution in [0, 0.1) is 0 Å². The zero-order chi connectivity index (χ0) is 26.8. The fourth-order valence-corrected chi connectivity index (χ4v) is 3.82. The molecule has 12 heteroatoms. The third kappa shape index (κ3) is 5.64. The van der Waals surface area contributed by atoms with Gasteiger partial charge >= 0.3 is 6.18 Å². The number of anilines is 2. The van der Waals surface area contributed by atoms with Gasteiger partial charge in [0.1, 0.15) is 12.7 Å². The Morgan fingerprint density at radius 3 is 2.36 bits per heavy atom. The molecular formula is C24H22F6N4O2. The predicted molar refractivity (Wildman–Crippen MR) is 123 cm³/mol. The lowest BCUT2D eigenvalue weighted by molar-refractivity contribution is -0.137. The largest absolute Gasteiger partial charge is 0.416 e. The minimum atomic E-state index is -4.70. The molecule has 1 aromatic heterocycles. The minimum absolute atomic E-state index is 0.0400. The van der Waals surface area contributed by atoms with Crippen LogP contribution in [0.1, 0.15) is 40.0 Å². The van der Waals surface area contributed by atoms with E-state index in [9.17, 15) is 35.9 Å². The summed E-state index contributed by atoms with van der Waals surface area (Å²) in [6, 6.07) is 8.73. The molecule has 3 rings (SSSR count). The normalized spacial score (nSPS) is 13.4. The zero-order valence-corrected chi connectivity index (χ0v) is 18.8. The molecule has 0 saturated heterocycles.